The van der Waals surface area contributed by atoms with Gasteiger partial charge in [0.25, 0.3) is 0 Å². The van der Waals surface area contributed by atoms with E-state index in [-0.39, 0.29) is 0 Å². The van der Waals surface area contributed by atoms with Crippen molar-refractivity contribution in [2.45, 2.75) is 19.3 Å². The van der Waals surface area contributed by atoms with E-state index in [1.165, 1.54) is 55.6 Å². The lowest BCUT2D eigenvalue weighted by Gasteiger charge is -2.32. The third-order valence-corrected chi connectivity index (χ3v) is 12.6. The number of nitrogens with zero attached hydrogens (tertiary/aromatic N) is 4. The summed E-state index contributed by atoms with van der Waals surface area (Å²) in [7, 11) is 0. The molecular weight excluding hydrogens is 741 g/mol. The van der Waals surface area contributed by atoms with Crippen LogP contribution in [0.4, 0.5) is 34.1 Å². The molecule has 0 N–H and O–H groups in total. The van der Waals surface area contributed by atoms with Crippen molar-refractivity contribution in [2.75, 3.05) is 9.80 Å². The molecule has 0 atom stereocenters. The van der Waals surface area contributed by atoms with E-state index in [9.17, 15) is 10.5 Å². The normalized spacial score (nSPS) is 12.5. The summed E-state index contributed by atoms with van der Waals surface area (Å²) in [6.45, 7) is 4.21. The zero-order valence-electron chi connectivity index (χ0n) is 33.8. The molecule has 0 amide bonds. The fourth-order valence-electron chi connectivity index (χ4n) is 9.85. The van der Waals surface area contributed by atoms with Crippen LogP contribution in [0, 0.1) is 36.5 Å². The second kappa shape index (κ2) is 14.0. The summed E-state index contributed by atoms with van der Waals surface area (Å²) in [5.74, 6) is 0. The Labute approximate surface area is 356 Å². The van der Waals surface area contributed by atoms with E-state index < -0.39 is 5.41 Å². The summed E-state index contributed by atoms with van der Waals surface area (Å²) < 4.78 is 0. The van der Waals surface area contributed by atoms with Crippen LogP contribution in [0.5, 0.6) is 0 Å². The summed E-state index contributed by atoms with van der Waals surface area (Å²) in [6.07, 6.45) is 0. The molecule has 11 rings (SSSR count). The molecule has 0 bridgehead atoms. The Morgan fingerprint density at radius 3 is 1.36 bits per heavy atom. The maximum atomic E-state index is 9.97. The summed E-state index contributed by atoms with van der Waals surface area (Å²) in [4.78, 5) is 4.51. The topological polar surface area (TPSA) is 54.1 Å². The summed E-state index contributed by atoms with van der Waals surface area (Å²) in [6, 6.07) is 73.8. The van der Waals surface area contributed by atoms with Crippen molar-refractivity contribution < 1.29 is 0 Å². The third kappa shape index (κ3) is 5.58. The van der Waals surface area contributed by atoms with Crippen LogP contribution in [0.2, 0.25) is 0 Å². The van der Waals surface area contributed by atoms with Crippen molar-refractivity contribution in [2.24, 2.45) is 0 Å². The zero-order valence-corrected chi connectivity index (χ0v) is 33.8. The van der Waals surface area contributed by atoms with Gasteiger partial charge in [-0.15, -0.1) is 0 Å². The van der Waals surface area contributed by atoms with E-state index in [0.29, 0.717) is 11.1 Å². The number of aryl methyl sites for hydroxylation is 2. The molecule has 286 valence electrons. The van der Waals surface area contributed by atoms with Gasteiger partial charge in [0.2, 0.25) is 0 Å². The average molecular weight is 779 g/mol. The number of benzene rings is 9. The minimum atomic E-state index is -0.594. The second-order valence-corrected chi connectivity index (χ2v) is 16.2. The van der Waals surface area contributed by atoms with E-state index in [2.05, 4.69) is 194 Å². The molecule has 4 heteroatoms. The maximum absolute atomic E-state index is 9.97. The number of fused-ring (bicyclic) bond motifs is 11. The van der Waals surface area contributed by atoms with Crippen LogP contribution in [0.15, 0.2) is 194 Å². The van der Waals surface area contributed by atoms with Gasteiger partial charge in [0.15, 0.2) is 0 Å². The van der Waals surface area contributed by atoms with Crippen LogP contribution >= 0.6 is 0 Å². The van der Waals surface area contributed by atoms with Gasteiger partial charge < -0.3 is 9.80 Å². The molecule has 9 aromatic carbocycles. The number of anilines is 6. The van der Waals surface area contributed by atoms with Gasteiger partial charge in [0.05, 0.1) is 28.7 Å². The first-order chi connectivity index (χ1) is 29.9. The average Bonchev–Trinajstić information content (AvgIpc) is 3.76. The van der Waals surface area contributed by atoms with E-state index in [0.717, 1.165) is 44.9 Å². The van der Waals surface area contributed by atoms with Gasteiger partial charge in [-0.2, -0.15) is 10.5 Å². The monoisotopic (exact) mass is 778 g/mol. The highest BCUT2D eigenvalue weighted by molar-refractivity contribution is 6.02. The maximum Gasteiger partial charge on any atom is 0.0992 e. The van der Waals surface area contributed by atoms with E-state index in [1.807, 2.05) is 36.4 Å². The molecule has 0 fully saturated rings. The first-order valence-corrected chi connectivity index (χ1v) is 20.6. The molecular formula is C57H38N4. The molecule has 0 aliphatic heterocycles. The highest BCUT2D eigenvalue weighted by atomic mass is 15.1. The summed E-state index contributed by atoms with van der Waals surface area (Å²) in [5, 5.41) is 22.1. The summed E-state index contributed by atoms with van der Waals surface area (Å²) in [5.41, 5.74) is 18.9. The predicted molar refractivity (Wildman–Crippen MR) is 249 cm³/mol. The molecule has 9 aromatic rings. The van der Waals surface area contributed by atoms with Gasteiger partial charge in [-0.1, -0.05) is 108 Å². The Morgan fingerprint density at radius 2 is 0.803 bits per heavy atom. The first-order valence-electron chi connectivity index (χ1n) is 20.6. The Balaban J connectivity index is 1.17. The molecule has 1 spiro atoms. The van der Waals surface area contributed by atoms with Gasteiger partial charge >= 0.3 is 0 Å². The van der Waals surface area contributed by atoms with Gasteiger partial charge in [-0.3, -0.25) is 0 Å². The SMILES string of the molecule is Cc1ccc(N(c2cccc(C#N)c2)c2ccc3c(c2)C2(c4ccccc4-c4ccccc42)c2cc4cc(N(c5ccc(C)cc5)c5cccc(C#N)c5)ccc4cc2-3)cc1. The molecule has 0 unspecified atom stereocenters. The van der Waals surface area contributed by atoms with Crippen LogP contribution in [0.1, 0.15) is 44.5 Å². The Bertz CT molecular complexity index is 3260. The van der Waals surface area contributed by atoms with Gasteiger partial charge in [-0.25, -0.2) is 0 Å². The van der Waals surface area contributed by atoms with Crippen LogP contribution in [-0.4, -0.2) is 0 Å². The second-order valence-electron chi connectivity index (χ2n) is 16.2. The largest absolute Gasteiger partial charge is 0.310 e. The molecule has 2 aliphatic rings. The Hall–Kier alpha value is -8.18. The van der Waals surface area contributed by atoms with Crippen molar-refractivity contribution in [1.82, 2.24) is 0 Å². The fraction of sp³-hybridized carbons (Fsp3) is 0.0526. The van der Waals surface area contributed by atoms with Gasteiger partial charge in [0.1, 0.15) is 0 Å². The van der Waals surface area contributed by atoms with Crippen molar-refractivity contribution in [3.8, 4) is 34.4 Å². The fourth-order valence-corrected chi connectivity index (χ4v) is 9.85. The quantitative estimate of drug-likeness (QED) is 0.169. The number of hydrogen-bond donors (Lipinski definition) is 0. The Kier molecular flexibility index (Phi) is 8.24. The number of hydrogen-bond acceptors (Lipinski definition) is 4. The standard InChI is InChI=1S/C57H38N4/c1-37-17-22-43(23-18-37)60(45-11-7-9-39(29-45)35-58)47-26-21-41-32-52-51-28-27-48(61(44-24-19-38(2)20-25-44)46-12-8-10-40(30-46)36-59)34-56(51)57(55(52)33-42(41)31-47)53-15-5-3-13-49(53)50-14-4-6-16-54(50)57/h3-34H,1-2H3. The van der Waals surface area contributed by atoms with E-state index in [1.54, 1.807) is 0 Å². The minimum absolute atomic E-state index is 0.594. The number of nitriles is 2. The first kappa shape index (κ1) is 35.9. The Morgan fingerprint density at radius 1 is 0.344 bits per heavy atom. The highest BCUT2D eigenvalue weighted by Gasteiger charge is 2.52. The molecule has 4 nitrogen and oxygen atoms in total. The van der Waals surface area contributed by atoms with Crippen molar-refractivity contribution in [3.05, 3.63) is 239 Å². The lowest BCUT2D eigenvalue weighted by molar-refractivity contribution is 0.795. The van der Waals surface area contributed by atoms with Gasteiger partial charge in [0, 0.05) is 34.1 Å². The molecule has 2 aliphatic carbocycles. The van der Waals surface area contributed by atoms with Crippen LogP contribution in [-0.2, 0) is 5.41 Å². The van der Waals surface area contributed by atoms with Crippen LogP contribution in [0.25, 0.3) is 33.0 Å². The highest BCUT2D eigenvalue weighted by Crippen LogP contribution is 2.64. The lowest BCUT2D eigenvalue weighted by Crippen LogP contribution is -2.26. The zero-order chi connectivity index (χ0) is 41.2. The van der Waals surface area contributed by atoms with E-state index in [4.69, 9.17) is 0 Å². The van der Waals surface area contributed by atoms with Crippen LogP contribution < -0.4 is 9.80 Å². The predicted octanol–water partition coefficient (Wildman–Crippen LogP) is 14.5. The molecule has 61 heavy (non-hydrogen) atoms. The minimum Gasteiger partial charge on any atom is -0.310 e. The van der Waals surface area contributed by atoms with Crippen molar-refractivity contribution >= 4 is 44.9 Å². The smallest absolute Gasteiger partial charge is 0.0992 e. The van der Waals surface area contributed by atoms with Crippen LogP contribution in [0.3, 0.4) is 0 Å². The molecule has 0 saturated heterocycles. The molecule has 0 aromatic heterocycles. The molecule has 0 saturated carbocycles. The van der Waals surface area contributed by atoms with Crippen molar-refractivity contribution in [3.63, 3.8) is 0 Å². The number of rotatable bonds is 6. The lowest BCUT2D eigenvalue weighted by atomic mass is 9.70. The summed E-state index contributed by atoms with van der Waals surface area (Å²) >= 11 is 0. The van der Waals surface area contributed by atoms with E-state index >= 15 is 0 Å². The van der Waals surface area contributed by atoms with Gasteiger partial charge in [-0.05, 0) is 166 Å². The molecule has 0 radical (unpaired) electrons. The third-order valence-electron chi connectivity index (χ3n) is 12.6. The van der Waals surface area contributed by atoms with Crippen molar-refractivity contribution in [1.29, 1.82) is 10.5 Å². The molecule has 0 heterocycles.